The molecule has 1 aromatic carbocycles. The summed E-state index contributed by atoms with van der Waals surface area (Å²) in [6.07, 6.45) is 0. The first kappa shape index (κ1) is 13.0. The topological polar surface area (TPSA) is 54.9 Å². The molecular formula is C12H9BrClN3O. The zero-order valence-electron chi connectivity index (χ0n) is 9.45. The molecule has 6 heteroatoms. The molecule has 0 saturated carbocycles. The van der Waals surface area contributed by atoms with Crippen LogP contribution in [0.4, 0.5) is 5.95 Å². The van der Waals surface area contributed by atoms with Crippen LogP contribution in [0.15, 0.2) is 34.8 Å². The minimum absolute atomic E-state index is 0.199. The molecular weight excluding hydrogens is 318 g/mol. The quantitative estimate of drug-likeness (QED) is 0.860. The summed E-state index contributed by atoms with van der Waals surface area (Å²) in [7, 11) is 0. The van der Waals surface area contributed by atoms with Crippen LogP contribution in [0.25, 0.3) is 0 Å². The molecule has 2 rings (SSSR count). The average molecular weight is 327 g/mol. The van der Waals surface area contributed by atoms with Crippen molar-refractivity contribution in [3.8, 4) is 0 Å². The fourth-order valence-corrected chi connectivity index (χ4v) is 2.03. The number of benzene rings is 1. The number of hydrogen-bond donors (Lipinski definition) is 1. The highest BCUT2D eigenvalue weighted by molar-refractivity contribution is 9.10. The maximum absolute atomic E-state index is 11.9. The number of carbonyl (C=O) groups excluding carboxylic acids is 1. The molecule has 0 saturated heterocycles. The van der Waals surface area contributed by atoms with Crippen LogP contribution in [0.3, 0.4) is 0 Å². The molecule has 4 nitrogen and oxygen atoms in total. The normalized spacial score (nSPS) is 10.2. The van der Waals surface area contributed by atoms with Gasteiger partial charge in [0, 0.05) is 15.7 Å². The van der Waals surface area contributed by atoms with Crippen LogP contribution in [0.1, 0.15) is 16.1 Å². The number of hydrogen-bond acceptors (Lipinski definition) is 3. The van der Waals surface area contributed by atoms with E-state index in [1.807, 2.05) is 6.07 Å². The summed E-state index contributed by atoms with van der Waals surface area (Å²) in [5.41, 5.74) is 1.21. The lowest BCUT2D eigenvalue weighted by atomic mass is 10.2. The molecule has 1 aromatic heterocycles. The van der Waals surface area contributed by atoms with E-state index in [1.165, 1.54) is 0 Å². The van der Waals surface area contributed by atoms with E-state index in [2.05, 4.69) is 31.2 Å². The zero-order chi connectivity index (χ0) is 13.1. The van der Waals surface area contributed by atoms with Crippen molar-refractivity contribution in [2.45, 2.75) is 6.92 Å². The Bertz CT molecular complexity index is 583. The Morgan fingerprint density at radius 1 is 1.33 bits per heavy atom. The highest BCUT2D eigenvalue weighted by Crippen LogP contribution is 2.14. The van der Waals surface area contributed by atoms with Crippen molar-refractivity contribution >= 4 is 39.4 Å². The smallest absolute Gasteiger partial charge is 0.258 e. The molecule has 1 amide bonds. The van der Waals surface area contributed by atoms with Gasteiger partial charge in [-0.25, -0.2) is 9.97 Å². The minimum atomic E-state index is -0.280. The third-order valence-electron chi connectivity index (χ3n) is 2.14. The summed E-state index contributed by atoms with van der Waals surface area (Å²) in [6.45, 7) is 1.78. The van der Waals surface area contributed by atoms with Crippen LogP contribution in [0, 0.1) is 6.92 Å². The lowest BCUT2D eigenvalue weighted by Gasteiger charge is -2.05. The van der Waals surface area contributed by atoms with Gasteiger partial charge in [0.05, 0.1) is 0 Å². The Labute approximate surface area is 118 Å². The third kappa shape index (κ3) is 3.27. The Balaban J connectivity index is 2.21. The highest BCUT2D eigenvalue weighted by Gasteiger charge is 2.09. The number of carbonyl (C=O) groups is 1. The van der Waals surface area contributed by atoms with E-state index >= 15 is 0 Å². The van der Waals surface area contributed by atoms with Crippen molar-refractivity contribution in [2.24, 2.45) is 0 Å². The number of nitrogens with zero attached hydrogens (tertiary/aromatic N) is 2. The van der Waals surface area contributed by atoms with Crippen LogP contribution < -0.4 is 5.32 Å². The molecule has 0 aliphatic heterocycles. The van der Waals surface area contributed by atoms with E-state index in [4.69, 9.17) is 11.6 Å². The van der Waals surface area contributed by atoms with Crippen molar-refractivity contribution in [3.05, 3.63) is 51.2 Å². The Morgan fingerprint density at radius 3 is 2.78 bits per heavy atom. The molecule has 0 fully saturated rings. The van der Waals surface area contributed by atoms with Gasteiger partial charge in [0.1, 0.15) is 5.15 Å². The van der Waals surface area contributed by atoms with E-state index in [-0.39, 0.29) is 11.9 Å². The molecule has 0 unspecified atom stereocenters. The van der Waals surface area contributed by atoms with Crippen LogP contribution in [-0.2, 0) is 0 Å². The number of halogens is 2. The van der Waals surface area contributed by atoms with E-state index in [0.717, 1.165) is 4.47 Å². The number of rotatable bonds is 2. The van der Waals surface area contributed by atoms with Gasteiger partial charge in [-0.15, -0.1) is 0 Å². The molecule has 0 aliphatic rings. The Kier molecular flexibility index (Phi) is 3.93. The number of nitrogens with one attached hydrogen (secondary N) is 1. The van der Waals surface area contributed by atoms with Gasteiger partial charge in [-0.3, -0.25) is 10.1 Å². The predicted molar refractivity (Wildman–Crippen MR) is 73.9 cm³/mol. The summed E-state index contributed by atoms with van der Waals surface area (Å²) >= 11 is 9.10. The summed E-state index contributed by atoms with van der Waals surface area (Å²) in [5, 5.41) is 2.90. The van der Waals surface area contributed by atoms with Crippen molar-refractivity contribution in [2.75, 3.05) is 5.32 Å². The Morgan fingerprint density at radius 2 is 2.11 bits per heavy atom. The first-order valence-corrected chi connectivity index (χ1v) is 6.30. The van der Waals surface area contributed by atoms with Gasteiger partial charge in [0.25, 0.3) is 5.91 Å². The van der Waals surface area contributed by atoms with E-state index in [1.54, 1.807) is 31.2 Å². The lowest BCUT2D eigenvalue weighted by Crippen LogP contribution is -2.14. The second-order valence-electron chi connectivity index (χ2n) is 3.62. The van der Waals surface area contributed by atoms with Crippen LogP contribution in [0.5, 0.6) is 0 Å². The molecule has 0 radical (unpaired) electrons. The van der Waals surface area contributed by atoms with Crippen molar-refractivity contribution < 1.29 is 4.79 Å². The number of amides is 1. The zero-order valence-corrected chi connectivity index (χ0v) is 11.8. The van der Waals surface area contributed by atoms with Crippen molar-refractivity contribution in [1.82, 2.24) is 9.97 Å². The van der Waals surface area contributed by atoms with E-state index < -0.39 is 0 Å². The van der Waals surface area contributed by atoms with Gasteiger partial charge >= 0.3 is 0 Å². The number of anilines is 1. The summed E-state index contributed by atoms with van der Waals surface area (Å²) < 4.78 is 0.832. The molecule has 0 atom stereocenters. The maximum Gasteiger partial charge on any atom is 0.258 e. The Hall–Kier alpha value is -1.46. The average Bonchev–Trinajstić information content (AvgIpc) is 2.27. The standard InChI is InChI=1S/C12H9BrClN3O/c1-7-5-10(14)16-12(15-7)17-11(18)8-3-2-4-9(13)6-8/h2-6H,1H3,(H,15,16,17,18). The van der Waals surface area contributed by atoms with Gasteiger partial charge in [-0.1, -0.05) is 33.6 Å². The van der Waals surface area contributed by atoms with E-state index in [9.17, 15) is 4.79 Å². The predicted octanol–water partition coefficient (Wildman–Crippen LogP) is 3.45. The molecule has 92 valence electrons. The SMILES string of the molecule is Cc1cc(Cl)nc(NC(=O)c2cccc(Br)c2)n1. The maximum atomic E-state index is 11.9. The van der Waals surface area contributed by atoms with Crippen molar-refractivity contribution in [1.29, 1.82) is 0 Å². The second-order valence-corrected chi connectivity index (χ2v) is 4.92. The van der Waals surface area contributed by atoms with E-state index in [0.29, 0.717) is 16.4 Å². The fraction of sp³-hybridized carbons (Fsp3) is 0.0833. The van der Waals surface area contributed by atoms with Gasteiger partial charge in [-0.05, 0) is 31.2 Å². The van der Waals surface area contributed by atoms with Gasteiger partial charge in [-0.2, -0.15) is 0 Å². The summed E-state index contributed by atoms with van der Waals surface area (Å²) in [4.78, 5) is 19.9. The number of aromatic nitrogens is 2. The number of aryl methyl sites for hydroxylation is 1. The third-order valence-corrected chi connectivity index (χ3v) is 2.82. The monoisotopic (exact) mass is 325 g/mol. The largest absolute Gasteiger partial charge is 0.290 e. The first-order chi connectivity index (χ1) is 8.54. The summed E-state index contributed by atoms with van der Waals surface area (Å²) in [6, 6.07) is 8.67. The van der Waals surface area contributed by atoms with Crippen LogP contribution in [0.2, 0.25) is 5.15 Å². The minimum Gasteiger partial charge on any atom is -0.290 e. The van der Waals surface area contributed by atoms with Gasteiger partial charge < -0.3 is 0 Å². The molecule has 18 heavy (non-hydrogen) atoms. The first-order valence-electron chi connectivity index (χ1n) is 5.13. The molecule has 1 N–H and O–H groups in total. The molecule has 1 heterocycles. The second kappa shape index (κ2) is 5.46. The molecule has 0 spiro atoms. The van der Waals surface area contributed by atoms with Crippen LogP contribution >= 0.6 is 27.5 Å². The molecule has 2 aromatic rings. The molecule has 0 aliphatic carbocycles. The van der Waals surface area contributed by atoms with Crippen molar-refractivity contribution in [3.63, 3.8) is 0 Å². The van der Waals surface area contributed by atoms with Gasteiger partial charge in [0.2, 0.25) is 5.95 Å². The lowest BCUT2D eigenvalue weighted by molar-refractivity contribution is 0.102. The molecule has 0 bridgehead atoms. The summed E-state index contributed by atoms with van der Waals surface area (Å²) in [5.74, 6) is -0.0806. The highest BCUT2D eigenvalue weighted by atomic mass is 79.9. The van der Waals surface area contributed by atoms with Crippen LogP contribution in [-0.4, -0.2) is 15.9 Å². The van der Waals surface area contributed by atoms with Gasteiger partial charge in [0.15, 0.2) is 0 Å². The fourth-order valence-electron chi connectivity index (χ4n) is 1.39.